The third-order valence-electron chi connectivity index (χ3n) is 8.68. The summed E-state index contributed by atoms with van der Waals surface area (Å²) in [5, 5.41) is 0. The molecule has 0 spiro atoms. The summed E-state index contributed by atoms with van der Waals surface area (Å²) in [5.41, 5.74) is -1.09. The fraction of sp³-hybridized carbons (Fsp3) is 0.914. The molecule has 0 aromatic rings. The first kappa shape index (κ1) is 40.2. The number of nitrogens with zero attached hydrogens (tertiary/aromatic N) is 2. The fourth-order valence-corrected chi connectivity index (χ4v) is 5.01. The van der Waals surface area contributed by atoms with Crippen LogP contribution in [0.3, 0.4) is 0 Å². The van der Waals surface area contributed by atoms with Gasteiger partial charge in [0, 0.05) is 26.2 Å². The largest absolute Gasteiger partial charge is 0.448 e. The molecule has 0 bridgehead atoms. The lowest BCUT2D eigenvalue weighted by atomic mass is 9.95. The normalized spacial score (nSPS) is 14.1. The van der Waals surface area contributed by atoms with Gasteiger partial charge in [0.05, 0.1) is 5.41 Å². The fourth-order valence-electron chi connectivity index (χ4n) is 5.01. The second-order valence-corrected chi connectivity index (χ2v) is 13.0. The average molecular weight is 597 g/mol. The molecule has 0 radical (unpaired) electrons. The van der Waals surface area contributed by atoms with Gasteiger partial charge in [0.2, 0.25) is 0 Å². The van der Waals surface area contributed by atoms with Gasteiger partial charge in [0.15, 0.2) is 0 Å². The lowest BCUT2D eigenvalue weighted by Gasteiger charge is -2.29. The molecule has 42 heavy (non-hydrogen) atoms. The molecule has 0 saturated carbocycles. The first-order valence-corrected chi connectivity index (χ1v) is 17.4. The zero-order valence-corrected chi connectivity index (χ0v) is 28.7. The Kier molecular flexibility index (Phi) is 24.6. The van der Waals surface area contributed by atoms with Gasteiger partial charge in [-0.15, -0.1) is 0 Å². The molecule has 7 heteroatoms. The van der Waals surface area contributed by atoms with Crippen LogP contribution in [0.2, 0.25) is 0 Å². The minimum Gasteiger partial charge on any atom is -0.448 e. The number of carbonyl (C=O) groups is 3. The second-order valence-electron chi connectivity index (χ2n) is 13.0. The molecular formula is C35H68N2O5. The van der Waals surface area contributed by atoms with Crippen LogP contribution >= 0.6 is 0 Å². The number of hydrogen-bond donors (Lipinski definition) is 0. The Morgan fingerprint density at radius 2 is 0.881 bits per heavy atom. The van der Waals surface area contributed by atoms with Crippen LogP contribution in [0, 0.1) is 5.41 Å². The number of ether oxygens (including phenoxy) is 2. The standard InChI is InChI=1S/C35H68N2O5/c1-8-10-12-14-16-18-20-22-24-26-31(3)36(6)33(39)41-29-35(5,28-38)30-42-34(40)37(7)32(4)27-25-23-21-19-17-15-13-11-9-2/h28,31-32H,8-27,29-30H2,1-7H3. The van der Waals surface area contributed by atoms with Crippen molar-refractivity contribution in [2.45, 2.75) is 175 Å². The average Bonchev–Trinajstić information content (AvgIpc) is 2.99. The van der Waals surface area contributed by atoms with Crippen molar-refractivity contribution in [1.82, 2.24) is 9.80 Å². The van der Waals surface area contributed by atoms with Crippen molar-refractivity contribution in [3.05, 3.63) is 0 Å². The van der Waals surface area contributed by atoms with Crippen LogP contribution in [0.5, 0.6) is 0 Å². The monoisotopic (exact) mass is 597 g/mol. The van der Waals surface area contributed by atoms with E-state index in [1.165, 1.54) is 103 Å². The summed E-state index contributed by atoms with van der Waals surface area (Å²) in [5.74, 6) is 0. The highest BCUT2D eigenvalue weighted by Crippen LogP contribution is 2.19. The molecule has 0 aliphatic rings. The van der Waals surface area contributed by atoms with E-state index in [0.29, 0.717) is 6.29 Å². The summed E-state index contributed by atoms with van der Waals surface area (Å²) in [6.45, 7) is 9.93. The third-order valence-corrected chi connectivity index (χ3v) is 8.68. The Bertz CT molecular complexity index is 636. The minimum atomic E-state index is -1.09. The summed E-state index contributed by atoms with van der Waals surface area (Å²) < 4.78 is 11.0. The Labute approximate surface area is 259 Å². The minimum absolute atomic E-state index is 0.0586. The molecule has 0 fully saturated rings. The molecule has 2 atom stereocenters. The molecule has 248 valence electrons. The molecule has 0 aromatic carbocycles. The predicted molar refractivity (Wildman–Crippen MR) is 175 cm³/mol. The highest BCUT2D eigenvalue weighted by molar-refractivity contribution is 5.70. The molecule has 2 amide bonds. The van der Waals surface area contributed by atoms with Crippen molar-refractivity contribution in [3.8, 4) is 0 Å². The van der Waals surface area contributed by atoms with Crippen LogP contribution in [0.15, 0.2) is 0 Å². The van der Waals surface area contributed by atoms with Gasteiger partial charge in [-0.3, -0.25) is 0 Å². The second kappa shape index (κ2) is 25.7. The van der Waals surface area contributed by atoms with E-state index in [0.717, 1.165) is 25.7 Å². The highest BCUT2D eigenvalue weighted by Gasteiger charge is 2.30. The molecule has 0 aromatic heterocycles. The van der Waals surface area contributed by atoms with Gasteiger partial charge < -0.3 is 24.1 Å². The topological polar surface area (TPSA) is 76.1 Å². The van der Waals surface area contributed by atoms with E-state index in [2.05, 4.69) is 13.8 Å². The maximum atomic E-state index is 12.6. The van der Waals surface area contributed by atoms with Gasteiger partial charge in [-0.05, 0) is 33.6 Å². The SMILES string of the molecule is CCCCCCCCCCCC(C)N(C)C(=O)OCC(C)(C=O)COC(=O)N(C)C(C)CCCCCCCCCCC. The van der Waals surface area contributed by atoms with Crippen LogP contribution in [0.1, 0.15) is 163 Å². The summed E-state index contributed by atoms with van der Waals surface area (Å²) in [7, 11) is 3.48. The number of carbonyl (C=O) groups excluding carboxylic acids is 3. The van der Waals surface area contributed by atoms with Crippen molar-refractivity contribution in [3.63, 3.8) is 0 Å². The van der Waals surface area contributed by atoms with E-state index in [1.807, 2.05) is 13.8 Å². The molecule has 0 aliphatic heterocycles. The zero-order chi connectivity index (χ0) is 31.6. The zero-order valence-electron chi connectivity index (χ0n) is 28.7. The summed E-state index contributed by atoms with van der Waals surface area (Å²) in [6, 6.07) is 0.117. The van der Waals surface area contributed by atoms with Crippen molar-refractivity contribution in [1.29, 1.82) is 0 Å². The molecule has 0 N–H and O–H groups in total. The number of rotatable bonds is 27. The van der Waals surface area contributed by atoms with Gasteiger partial charge >= 0.3 is 12.2 Å². The van der Waals surface area contributed by atoms with Crippen LogP contribution in [-0.2, 0) is 14.3 Å². The Balaban J connectivity index is 4.24. The quantitative estimate of drug-likeness (QED) is 0.0696. The number of hydrogen-bond acceptors (Lipinski definition) is 5. The molecule has 0 heterocycles. The lowest BCUT2D eigenvalue weighted by Crippen LogP contribution is -2.41. The number of aldehydes is 1. The number of unbranched alkanes of at least 4 members (excludes halogenated alkanes) is 16. The van der Waals surface area contributed by atoms with E-state index in [1.54, 1.807) is 30.8 Å². The molecule has 7 nitrogen and oxygen atoms in total. The van der Waals surface area contributed by atoms with Gasteiger partial charge in [0.25, 0.3) is 0 Å². The Morgan fingerprint density at radius 1 is 0.595 bits per heavy atom. The summed E-state index contributed by atoms with van der Waals surface area (Å²) >= 11 is 0. The Morgan fingerprint density at radius 3 is 1.17 bits per heavy atom. The van der Waals surface area contributed by atoms with Crippen LogP contribution in [0.25, 0.3) is 0 Å². The molecular weight excluding hydrogens is 528 g/mol. The lowest BCUT2D eigenvalue weighted by molar-refractivity contribution is -0.120. The summed E-state index contributed by atoms with van der Waals surface area (Å²) in [6.07, 6.45) is 24.5. The van der Waals surface area contributed by atoms with Crippen LogP contribution in [-0.4, -0.2) is 67.7 Å². The van der Waals surface area contributed by atoms with Crippen molar-refractivity contribution in [2.24, 2.45) is 5.41 Å². The molecule has 0 saturated heterocycles. The summed E-state index contributed by atoms with van der Waals surface area (Å²) in [4.78, 5) is 40.3. The maximum Gasteiger partial charge on any atom is 0.409 e. The smallest absolute Gasteiger partial charge is 0.409 e. The van der Waals surface area contributed by atoms with Crippen LogP contribution < -0.4 is 0 Å². The van der Waals surface area contributed by atoms with E-state index in [9.17, 15) is 14.4 Å². The number of amides is 2. The van der Waals surface area contributed by atoms with E-state index < -0.39 is 17.6 Å². The van der Waals surface area contributed by atoms with Gasteiger partial charge in [-0.1, -0.05) is 129 Å². The van der Waals surface area contributed by atoms with E-state index in [-0.39, 0.29) is 25.3 Å². The van der Waals surface area contributed by atoms with Gasteiger partial charge in [-0.25, -0.2) is 9.59 Å². The van der Waals surface area contributed by atoms with Crippen LogP contribution in [0.4, 0.5) is 9.59 Å². The Hall–Kier alpha value is -1.79. The maximum absolute atomic E-state index is 12.6. The van der Waals surface area contributed by atoms with Gasteiger partial charge in [-0.2, -0.15) is 0 Å². The first-order chi connectivity index (χ1) is 20.1. The third kappa shape index (κ3) is 20.2. The first-order valence-electron chi connectivity index (χ1n) is 17.4. The van der Waals surface area contributed by atoms with Gasteiger partial charge in [0.1, 0.15) is 19.5 Å². The molecule has 0 rings (SSSR count). The van der Waals surface area contributed by atoms with E-state index in [4.69, 9.17) is 9.47 Å². The van der Waals surface area contributed by atoms with E-state index >= 15 is 0 Å². The highest BCUT2D eigenvalue weighted by atomic mass is 16.6. The predicted octanol–water partition coefficient (Wildman–Crippen LogP) is 9.95. The van der Waals surface area contributed by atoms with Crippen molar-refractivity contribution >= 4 is 18.5 Å². The molecule has 0 aliphatic carbocycles. The van der Waals surface area contributed by atoms with Crippen molar-refractivity contribution < 1.29 is 23.9 Å². The molecule has 2 unspecified atom stereocenters. The van der Waals surface area contributed by atoms with Crippen molar-refractivity contribution in [2.75, 3.05) is 27.3 Å².